The Labute approximate surface area is 148 Å². The molecule has 2 aromatic rings. The van der Waals surface area contributed by atoms with Gasteiger partial charge in [-0.05, 0) is 36.8 Å². The molecule has 142 valence electrons. The number of benzene rings is 1. The molecule has 0 aliphatic heterocycles. The highest BCUT2D eigenvalue weighted by atomic mass is 32.2. The van der Waals surface area contributed by atoms with E-state index in [4.69, 9.17) is 0 Å². The number of anilines is 1. The Balaban J connectivity index is 1.98. The van der Waals surface area contributed by atoms with Crippen LogP contribution in [0.5, 0.6) is 0 Å². The summed E-state index contributed by atoms with van der Waals surface area (Å²) in [4.78, 5) is 11.9. The third-order valence-corrected chi connectivity index (χ3v) is 4.70. The van der Waals surface area contributed by atoms with Crippen LogP contribution in [0.25, 0.3) is 0 Å². The molecule has 2 rings (SSSR count). The second-order valence-electron chi connectivity index (χ2n) is 5.37. The summed E-state index contributed by atoms with van der Waals surface area (Å²) in [6.45, 7) is 1.73. The molecule has 11 heteroatoms. The van der Waals surface area contributed by atoms with Gasteiger partial charge < -0.3 is 5.32 Å². The van der Waals surface area contributed by atoms with Crippen LogP contribution in [0.2, 0.25) is 0 Å². The number of alkyl halides is 3. The van der Waals surface area contributed by atoms with Gasteiger partial charge in [-0.2, -0.15) is 18.3 Å². The van der Waals surface area contributed by atoms with Gasteiger partial charge in [0.1, 0.15) is 6.54 Å². The Kier molecular flexibility index (Phi) is 6.03. The number of hydrogen-bond donors (Lipinski definition) is 2. The molecule has 0 saturated heterocycles. The molecular weight excluding hydrogens is 373 g/mol. The lowest BCUT2D eigenvalue weighted by Gasteiger charge is -2.08. The van der Waals surface area contributed by atoms with Gasteiger partial charge in [0, 0.05) is 18.4 Å². The van der Waals surface area contributed by atoms with Crippen molar-refractivity contribution in [2.45, 2.75) is 31.0 Å². The van der Waals surface area contributed by atoms with Gasteiger partial charge in [-0.1, -0.05) is 6.92 Å². The number of halogens is 3. The number of hydrogen-bond acceptors (Lipinski definition) is 4. The predicted molar refractivity (Wildman–Crippen MR) is 87.8 cm³/mol. The van der Waals surface area contributed by atoms with Gasteiger partial charge in [-0.3, -0.25) is 9.48 Å². The Hall–Kier alpha value is -2.40. The van der Waals surface area contributed by atoms with Crippen LogP contribution in [-0.4, -0.2) is 30.7 Å². The molecule has 0 atom stereocenters. The summed E-state index contributed by atoms with van der Waals surface area (Å²) in [6, 6.07) is 6.20. The van der Waals surface area contributed by atoms with Crippen molar-refractivity contribution in [1.82, 2.24) is 14.5 Å². The molecule has 0 aliphatic rings. The molecule has 0 unspecified atom stereocenters. The number of rotatable bonds is 7. The van der Waals surface area contributed by atoms with E-state index in [-0.39, 0.29) is 4.90 Å². The van der Waals surface area contributed by atoms with Crippen molar-refractivity contribution in [2.24, 2.45) is 0 Å². The number of sulfonamides is 1. The smallest absolute Gasteiger partial charge is 0.324 e. The molecule has 2 N–H and O–H groups in total. The fraction of sp³-hybridized carbons (Fsp3) is 0.333. The second kappa shape index (κ2) is 7.87. The van der Waals surface area contributed by atoms with Crippen LogP contribution in [-0.2, 0) is 27.5 Å². The van der Waals surface area contributed by atoms with Gasteiger partial charge in [0.2, 0.25) is 15.9 Å². The van der Waals surface area contributed by atoms with Gasteiger partial charge in [0.05, 0.1) is 4.90 Å². The SMILES string of the molecule is CCCNS(=O)(=O)c1ccc(NC(=O)Cn2ccc(C(F)(F)F)n2)cc1. The molecule has 0 saturated carbocycles. The van der Waals surface area contributed by atoms with Crippen LogP contribution >= 0.6 is 0 Å². The van der Waals surface area contributed by atoms with Crippen molar-refractivity contribution in [3.63, 3.8) is 0 Å². The molecule has 1 aromatic carbocycles. The lowest BCUT2D eigenvalue weighted by molar-refractivity contribution is -0.141. The predicted octanol–water partition coefficient (Wildman–Crippen LogP) is 2.23. The van der Waals surface area contributed by atoms with Crippen LogP contribution in [0.4, 0.5) is 18.9 Å². The Morgan fingerprint density at radius 1 is 1.19 bits per heavy atom. The summed E-state index contributed by atoms with van der Waals surface area (Å²) in [5.41, 5.74) is -0.771. The third-order valence-electron chi connectivity index (χ3n) is 3.23. The molecule has 0 radical (unpaired) electrons. The first-order valence-corrected chi connectivity index (χ1v) is 9.10. The van der Waals surface area contributed by atoms with E-state index in [2.05, 4.69) is 15.1 Å². The fourth-order valence-corrected chi connectivity index (χ4v) is 3.12. The normalized spacial score (nSPS) is 12.2. The highest BCUT2D eigenvalue weighted by Crippen LogP contribution is 2.27. The largest absolute Gasteiger partial charge is 0.435 e. The topological polar surface area (TPSA) is 93.1 Å². The van der Waals surface area contributed by atoms with Crippen molar-refractivity contribution < 1.29 is 26.4 Å². The van der Waals surface area contributed by atoms with Crippen LogP contribution in [0.15, 0.2) is 41.4 Å². The van der Waals surface area contributed by atoms with Gasteiger partial charge in [-0.15, -0.1) is 0 Å². The Bertz CT molecular complexity index is 861. The zero-order valence-electron chi connectivity index (χ0n) is 13.7. The van der Waals surface area contributed by atoms with E-state index in [0.717, 1.165) is 16.9 Å². The molecule has 0 spiro atoms. The first-order valence-electron chi connectivity index (χ1n) is 7.62. The van der Waals surface area contributed by atoms with Crippen molar-refractivity contribution in [3.05, 3.63) is 42.2 Å². The lowest BCUT2D eigenvalue weighted by atomic mass is 10.3. The van der Waals surface area contributed by atoms with Gasteiger partial charge >= 0.3 is 6.18 Å². The summed E-state index contributed by atoms with van der Waals surface area (Å²) < 4.78 is 64.6. The number of nitrogens with one attached hydrogen (secondary N) is 2. The van der Waals surface area contributed by atoms with E-state index >= 15 is 0 Å². The highest BCUT2D eigenvalue weighted by Gasteiger charge is 2.33. The molecule has 1 aromatic heterocycles. The van der Waals surface area contributed by atoms with E-state index in [9.17, 15) is 26.4 Å². The van der Waals surface area contributed by atoms with Gasteiger partial charge in [0.25, 0.3) is 0 Å². The minimum Gasteiger partial charge on any atom is -0.324 e. The van der Waals surface area contributed by atoms with Crippen LogP contribution in [0.3, 0.4) is 0 Å². The minimum atomic E-state index is -4.57. The average molecular weight is 390 g/mol. The maximum atomic E-state index is 12.5. The van der Waals surface area contributed by atoms with Crippen molar-refractivity contribution in [2.75, 3.05) is 11.9 Å². The summed E-state index contributed by atoms with van der Waals surface area (Å²) in [5, 5.41) is 5.75. The summed E-state index contributed by atoms with van der Waals surface area (Å²) in [6.07, 6.45) is -2.87. The molecule has 0 fully saturated rings. The number of aromatic nitrogens is 2. The van der Waals surface area contributed by atoms with Crippen molar-refractivity contribution in [3.8, 4) is 0 Å². The van der Waals surface area contributed by atoms with E-state index in [1.54, 1.807) is 0 Å². The number of carbonyl (C=O) groups excluding carboxylic acids is 1. The van der Waals surface area contributed by atoms with Gasteiger partial charge in [0.15, 0.2) is 5.69 Å². The first kappa shape index (κ1) is 19.9. The lowest BCUT2D eigenvalue weighted by Crippen LogP contribution is -2.24. The molecule has 26 heavy (non-hydrogen) atoms. The summed E-state index contributed by atoms with van der Waals surface area (Å²) in [5.74, 6) is -0.596. The van der Waals surface area contributed by atoms with E-state index in [0.29, 0.717) is 18.7 Å². The van der Waals surface area contributed by atoms with Crippen LogP contribution in [0, 0.1) is 0 Å². The van der Waals surface area contributed by atoms with E-state index in [1.165, 1.54) is 24.3 Å². The van der Waals surface area contributed by atoms with Crippen LogP contribution in [0.1, 0.15) is 19.0 Å². The van der Waals surface area contributed by atoms with E-state index < -0.39 is 34.3 Å². The van der Waals surface area contributed by atoms with Crippen molar-refractivity contribution >= 4 is 21.6 Å². The minimum absolute atomic E-state index is 0.0471. The summed E-state index contributed by atoms with van der Waals surface area (Å²) in [7, 11) is -3.61. The standard InChI is InChI=1S/C15H17F3N4O3S/c1-2-8-19-26(24,25)12-5-3-11(4-6-12)20-14(23)10-22-9-7-13(21-22)15(16,17)18/h3-7,9,19H,2,8,10H2,1H3,(H,20,23). The zero-order valence-corrected chi connectivity index (χ0v) is 14.6. The quantitative estimate of drug-likeness (QED) is 0.758. The molecule has 7 nitrogen and oxygen atoms in total. The third kappa shape index (κ3) is 5.30. The average Bonchev–Trinajstić information content (AvgIpc) is 3.02. The molecule has 0 aliphatic carbocycles. The number of amides is 1. The van der Waals surface area contributed by atoms with E-state index in [1.807, 2.05) is 6.92 Å². The fourth-order valence-electron chi connectivity index (χ4n) is 1.99. The molecule has 0 bridgehead atoms. The van der Waals surface area contributed by atoms with Crippen LogP contribution < -0.4 is 10.0 Å². The maximum absolute atomic E-state index is 12.5. The highest BCUT2D eigenvalue weighted by molar-refractivity contribution is 7.89. The maximum Gasteiger partial charge on any atom is 0.435 e. The zero-order chi connectivity index (χ0) is 19.4. The summed E-state index contributed by atoms with van der Waals surface area (Å²) >= 11 is 0. The molecular formula is C15H17F3N4O3S. The molecule has 1 amide bonds. The Morgan fingerprint density at radius 2 is 1.85 bits per heavy atom. The van der Waals surface area contributed by atoms with Gasteiger partial charge in [-0.25, -0.2) is 13.1 Å². The number of nitrogens with zero attached hydrogens (tertiary/aromatic N) is 2. The number of carbonyl (C=O) groups is 1. The van der Waals surface area contributed by atoms with Crippen molar-refractivity contribution in [1.29, 1.82) is 0 Å². The monoisotopic (exact) mass is 390 g/mol. The Morgan fingerprint density at radius 3 is 2.38 bits per heavy atom. The molecule has 1 heterocycles. The first-order chi connectivity index (χ1) is 12.1. The second-order valence-corrected chi connectivity index (χ2v) is 7.13.